The number of unbranched alkanes of at least 4 members (excludes halogenated alkanes) is 2. The van der Waals surface area contributed by atoms with E-state index in [0.717, 1.165) is 36.8 Å². The van der Waals surface area contributed by atoms with Crippen molar-refractivity contribution in [3.05, 3.63) is 66.0 Å². The first-order chi connectivity index (χ1) is 9.27. The Morgan fingerprint density at radius 1 is 0.947 bits per heavy atom. The normalized spacial score (nSPS) is 14.0. The first kappa shape index (κ1) is 13.8. The molecule has 0 aliphatic rings. The topological polar surface area (TPSA) is 33.1 Å². The fourth-order valence-electron chi connectivity index (χ4n) is 2.43. The Balaban J connectivity index is 2.33. The first-order valence-electron chi connectivity index (χ1n) is 6.96. The van der Waals surface area contributed by atoms with Crippen LogP contribution in [0.25, 0.3) is 0 Å². The van der Waals surface area contributed by atoms with Crippen LogP contribution in [0.5, 0.6) is 0 Å². The highest BCUT2D eigenvalue weighted by atomic mass is 16.3. The molecule has 0 radical (unpaired) electrons. The number of nitrogens with zero attached hydrogens (tertiary/aromatic N) is 1. The zero-order valence-corrected chi connectivity index (χ0v) is 11.4. The molecule has 19 heavy (non-hydrogen) atoms. The van der Waals surface area contributed by atoms with E-state index in [0.29, 0.717) is 0 Å². The molecule has 0 spiro atoms. The molecule has 1 aromatic heterocycles. The van der Waals surface area contributed by atoms with Crippen LogP contribution in [0, 0.1) is 0 Å². The van der Waals surface area contributed by atoms with Gasteiger partial charge in [0.1, 0.15) is 5.60 Å². The standard InChI is InChI=1S/C17H21NO/c1-2-3-7-12-17(19,15-8-5-4-6-9-15)16-10-13-18-14-11-16/h4-6,8-11,13-14,19H,2-3,7,12H2,1H3. The second kappa shape index (κ2) is 6.48. The zero-order valence-electron chi connectivity index (χ0n) is 11.4. The predicted octanol–water partition coefficient (Wildman–Crippen LogP) is 3.90. The Labute approximate surface area is 115 Å². The van der Waals surface area contributed by atoms with Gasteiger partial charge in [0.05, 0.1) is 0 Å². The van der Waals surface area contributed by atoms with Gasteiger partial charge in [0.2, 0.25) is 0 Å². The van der Waals surface area contributed by atoms with E-state index in [-0.39, 0.29) is 0 Å². The molecule has 2 rings (SSSR count). The second-order valence-electron chi connectivity index (χ2n) is 4.92. The van der Waals surface area contributed by atoms with Gasteiger partial charge < -0.3 is 5.11 Å². The first-order valence-corrected chi connectivity index (χ1v) is 6.96. The quantitative estimate of drug-likeness (QED) is 0.794. The third-order valence-corrected chi connectivity index (χ3v) is 3.55. The van der Waals surface area contributed by atoms with Gasteiger partial charge in [-0.25, -0.2) is 0 Å². The summed E-state index contributed by atoms with van der Waals surface area (Å²) in [5.74, 6) is 0. The van der Waals surface area contributed by atoms with Crippen LogP contribution in [-0.2, 0) is 5.60 Å². The molecule has 0 aliphatic heterocycles. The van der Waals surface area contributed by atoms with E-state index in [1.807, 2.05) is 42.5 Å². The lowest BCUT2D eigenvalue weighted by Gasteiger charge is -2.29. The molecule has 2 heteroatoms. The summed E-state index contributed by atoms with van der Waals surface area (Å²) in [7, 11) is 0. The van der Waals surface area contributed by atoms with Gasteiger partial charge in [-0.2, -0.15) is 0 Å². The number of aliphatic hydroxyl groups is 1. The maximum atomic E-state index is 11.2. The summed E-state index contributed by atoms with van der Waals surface area (Å²) in [6.45, 7) is 2.17. The van der Waals surface area contributed by atoms with E-state index in [1.54, 1.807) is 12.4 Å². The Morgan fingerprint density at radius 3 is 2.21 bits per heavy atom. The summed E-state index contributed by atoms with van der Waals surface area (Å²) in [6, 6.07) is 13.7. The average Bonchev–Trinajstić information content (AvgIpc) is 2.49. The monoisotopic (exact) mass is 255 g/mol. The molecular formula is C17H21NO. The number of rotatable bonds is 6. The second-order valence-corrected chi connectivity index (χ2v) is 4.92. The summed E-state index contributed by atoms with van der Waals surface area (Å²) < 4.78 is 0. The Bertz CT molecular complexity index is 442. The molecule has 0 saturated heterocycles. The van der Waals surface area contributed by atoms with Crippen LogP contribution in [0.3, 0.4) is 0 Å². The van der Waals surface area contributed by atoms with E-state index in [4.69, 9.17) is 0 Å². The van der Waals surface area contributed by atoms with Gasteiger partial charge in [-0.1, -0.05) is 50.1 Å². The molecule has 100 valence electrons. The van der Waals surface area contributed by atoms with Crippen LogP contribution in [0.2, 0.25) is 0 Å². The number of hydrogen-bond acceptors (Lipinski definition) is 2. The highest BCUT2D eigenvalue weighted by molar-refractivity contribution is 5.34. The summed E-state index contributed by atoms with van der Waals surface area (Å²) in [5.41, 5.74) is 0.974. The van der Waals surface area contributed by atoms with E-state index in [1.165, 1.54) is 0 Å². The minimum Gasteiger partial charge on any atom is -0.380 e. The van der Waals surface area contributed by atoms with Crippen molar-refractivity contribution in [2.45, 2.75) is 38.2 Å². The number of benzene rings is 1. The minimum atomic E-state index is -0.903. The largest absolute Gasteiger partial charge is 0.380 e. The van der Waals surface area contributed by atoms with Gasteiger partial charge in [-0.15, -0.1) is 0 Å². The number of hydrogen-bond donors (Lipinski definition) is 1. The lowest BCUT2D eigenvalue weighted by molar-refractivity contribution is 0.0679. The van der Waals surface area contributed by atoms with Crippen molar-refractivity contribution >= 4 is 0 Å². The van der Waals surface area contributed by atoms with Gasteiger partial charge in [-0.05, 0) is 36.1 Å². The zero-order chi connectivity index (χ0) is 13.6. The fourth-order valence-corrected chi connectivity index (χ4v) is 2.43. The van der Waals surface area contributed by atoms with Crippen molar-refractivity contribution in [1.82, 2.24) is 4.98 Å². The van der Waals surface area contributed by atoms with E-state index < -0.39 is 5.60 Å². The van der Waals surface area contributed by atoms with Gasteiger partial charge in [-0.3, -0.25) is 4.98 Å². The Morgan fingerprint density at radius 2 is 1.58 bits per heavy atom. The average molecular weight is 255 g/mol. The highest BCUT2D eigenvalue weighted by Crippen LogP contribution is 2.34. The molecule has 1 aromatic carbocycles. The van der Waals surface area contributed by atoms with Crippen LogP contribution in [0.4, 0.5) is 0 Å². The smallest absolute Gasteiger partial charge is 0.115 e. The molecule has 2 nitrogen and oxygen atoms in total. The lowest BCUT2D eigenvalue weighted by atomic mass is 9.82. The molecule has 0 aliphatic carbocycles. The molecule has 1 heterocycles. The van der Waals surface area contributed by atoms with Crippen LogP contribution in [0.1, 0.15) is 43.7 Å². The van der Waals surface area contributed by atoms with Crippen LogP contribution >= 0.6 is 0 Å². The molecule has 1 atom stereocenters. The molecule has 0 bridgehead atoms. The molecule has 0 saturated carbocycles. The molecule has 0 fully saturated rings. The highest BCUT2D eigenvalue weighted by Gasteiger charge is 2.30. The lowest BCUT2D eigenvalue weighted by Crippen LogP contribution is -2.27. The van der Waals surface area contributed by atoms with Gasteiger partial charge >= 0.3 is 0 Å². The summed E-state index contributed by atoms with van der Waals surface area (Å²) in [5, 5.41) is 11.2. The van der Waals surface area contributed by atoms with Crippen molar-refractivity contribution < 1.29 is 5.11 Å². The Hall–Kier alpha value is -1.67. The van der Waals surface area contributed by atoms with Gasteiger partial charge in [0.15, 0.2) is 0 Å². The summed E-state index contributed by atoms with van der Waals surface area (Å²) in [4.78, 5) is 4.04. The fraction of sp³-hybridized carbons (Fsp3) is 0.353. The number of pyridine rings is 1. The summed E-state index contributed by atoms with van der Waals surface area (Å²) in [6.07, 6.45) is 7.53. The van der Waals surface area contributed by atoms with E-state index in [2.05, 4.69) is 11.9 Å². The third kappa shape index (κ3) is 3.21. The van der Waals surface area contributed by atoms with Crippen molar-refractivity contribution in [2.24, 2.45) is 0 Å². The molecule has 0 amide bonds. The van der Waals surface area contributed by atoms with Crippen LogP contribution < -0.4 is 0 Å². The van der Waals surface area contributed by atoms with Crippen molar-refractivity contribution in [2.75, 3.05) is 0 Å². The van der Waals surface area contributed by atoms with Gasteiger partial charge in [0.25, 0.3) is 0 Å². The minimum absolute atomic E-state index is 0.745. The van der Waals surface area contributed by atoms with E-state index >= 15 is 0 Å². The maximum absolute atomic E-state index is 11.2. The van der Waals surface area contributed by atoms with Gasteiger partial charge in [0, 0.05) is 12.4 Å². The van der Waals surface area contributed by atoms with Crippen molar-refractivity contribution in [3.8, 4) is 0 Å². The molecular weight excluding hydrogens is 234 g/mol. The summed E-state index contributed by atoms with van der Waals surface area (Å²) >= 11 is 0. The predicted molar refractivity (Wildman–Crippen MR) is 77.8 cm³/mol. The molecule has 2 aromatic rings. The number of aromatic nitrogens is 1. The Kier molecular flexibility index (Phi) is 4.69. The third-order valence-electron chi connectivity index (χ3n) is 3.55. The van der Waals surface area contributed by atoms with Crippen LogP contribution in [0.15, 0.2) is 54.9 Å². The maximum Gasteiger partial charge on any atom is 0.115 e. The molecule has 1 unspecified atom stereocenters. The van der Waals surface area contributed by atoms with Crippen molar-refractivity contribution in [1.29, 1.82) is 0 Å². The van der Waals surface area contributed by atoms with Crippen LogP contribution in [-0.4, -0.2) is 10.1 Å². The molecule has 1 N–H and O–H groups in total. The van der Waals surface area contributed by atoms with Crippen molar-refractivity contribution in [3.63, 3.8) is 0 Å². The van der Waals surface area contributed by atoms with E-state index in [9.17, 15) is 5.11 Å². The SMILES string of the molecule is CCCCCC(O)(c1ccccc1)c1ccncc1.